The van der Waals surface area contributed by atoms with Crippen LogP contribution in [0.2, 0.25) is 0 Å². The van der Waals surface area contributed by atoms with Gasteiger partial charge in [0.25, 0.3) is 5.91 Å². The second-order valence-electron chi connectivity index (χ2n) is 4.09. The Hall–Kier alpha value is -2.44. The lowest BCUT2D eigenvalue weighted by molar-refractivity contribution is 0.0947. The monoisotopic (exact) mass is 260 g/mol. The zero-order chi connectivity index (χ0) is 13.5. The van der Waals surface area contributed by atoms with Crippen molar-refractivity contribution in [3.05, 3.63) is 36.8 Å². The minimum absolute atomic E-state index is 0.227. The lowest BCUT2D eigenvalue weighted by atomic mass is 10.3. The molecule has 0 saturated carbocycles. The number of aromatic nitrogens is 4. The van der Waals surface area contributed by atoms with Crippen molar-refractivity contribution in [1.82, 2.24) is 24.8 Å². The maximum absolute atomic E-state index is 11.7. The van der Waals surface area contributed by atoms with E-state index < -0.39 is 0 Å². The Balaban J connectivity index is 1.65. The topological polar surface area (TPSA) is 98.7 Å². The molecule has 0 aliphatic rings. The number of carbonyl (C=O) groups excluding carboxylic acids is 1. The fourth-order valence-corrected chi connectivity index (χ4v) is 1.59. The second kappa shape index (κ2) is 6.48. The molecule has 0 bridgehead atoms. The predicted octanol–water partition coefficient (Wildman–Crippen LogP) is 0.465. The quantitative estimate of drug-likeness (QED) is 0.735. The summed E-state index contributed by atoms with van der Waals surface area (Å²) in [4.78, 5) is 23.4. The number of amides is 1. The number of anilines is 1. The van der Waals surface area contributed by atoms with Crippen LogP contribution >= 0.6 is 0 Å². The van der Waals surface area contributed by atoms with Gasteiger partial charge in [0.05, 0.1) is 18.7 Å². The van der Waals surface area contributed by atoms with Crippen LogP contribution in [0.5, 0.6) is 0 Å². The summed E-state index contributed by atoms with van der Waals surface area (Å²) in [6.07, 6.45) is 10.1. The third-order valence-corrected chi connectivity index (χ3v) is 2.59. The molecule has 2 heterocycles. The number of carbonyl (C=O) groups is 1. The summed E-state index contributed by atoms with van der Waals surface area (Å²) in [6.45, 7) is 1.51. The van der Waals surface area contributed by atoms with Gasteiger partial charge in [-0.1, -0.05) is 0 Å². The van der Waals surface area contributed by atoms with Gasteiger partial charge in [-0.3, -0.25) is 4.79 Å². The average Bonchev–Trinajstić information content (AvgIpc) is 2.92. The lowest BCUT2D eigenvalue weighted by Crippen LogP contribution is -2.25. The van der Waals surface area contributed by atoms with Gasteiger partial charge in [0.2, 0.25) is 0 Å². The molecule has 100 valence electrons. The Kier molecular flexibility index (Phi) is 4.44. The fraction of sp³-hybridized carbons (Fsp3) is 0.333. The van der Waals surface area contributed by atoms with E-state index in [4.69, 9.17) is 5.73 Å². The van der Waals surface area contributed by atoms with Crippen molar-refractivity contribution in [3.8, 4) is 0 Å². The normalized spacial score (nSPS) is 10.3. The number of aryl methyl sites for hydroxylation is 1. The molecule has 2 aromatic heterocycles. The molecular weight excluding hydrogens is 244 g/mol. The molecular formula is C12H16N6O. The maximum atomic E-state index is 11.7. The smallest absolute Gasteiger partial charge is 0.271 e. The minimum atomic E-state index is -0.227. The highest BCUT2D eigenvalue weighted by atomic mass is 16.1. The first-order valence-electron chi connectivity index (χ1n) is 6.07. The van der Waals surface area contributed by atoms with Crippen molar-refractivity contribution in [2.24, 2.45) is 0 Å². The van der Waals surface area contributed by atoms with E-state index in [9.17, 15) is 4.79 Å². The first kappa shape index (κ1) is 13.0. The zero-order valence-electron chi connectivity index (χ0n) is 10.5. The molecule has 7 nitrogen and oxygen atoms in total. The molecule has 0 spiro atoms. The standard InChI is InChI=1S/C12H16N6O/c13-11-8-16-10(7-17-11)12(19)15-3-1-2-5-18-6-4-14-9-18/h4,6-9H,1-3,5H2,(H2,13,17)(H,15,19). The first-order chi connectivity index (χ1) is 9.25. The van der Waals surface area contributed by atoms with Crippen LogP contribution in [0.15, 0.2) is 31.1 Å². The Bertz CT molecular complexity index is 508. The van der Waals surface area contributed by atoms with Gasteiger partial charge in [0.15, 0.2) is 0 Å². The Labute approximate surface area is 110 Å². The van der Waals surface area contributed by atoms with Gasteiger partial charge < -0.3 is 15.6 Å². The summed E-state index contributed by atoms with van der Waals surface area (Å²) < 4.78 is 2.01. The lowest BCUT2D eigenvalue weighted by Gasteiger charge is -2.05. The largest absolute Gasteiger partial charge is 0.382 e. The molecule has 0 atom stereocenters. The zero-order valence-corrected chi connectivity index (χ0v) is 10.5. The molecule has 0 fully saturated rings. The number of nitrogens with zero attached hydrogens (tertiary/aromatic N) is 4. The summed E-state index contributed by atoms with van der Waals surface area (Å²) in [5, 5.41) is 2.79. The van der Waals surface area contributed by atoms with Gasteiger partial charge in [-0.05, 0) is 12.8 Å². The molecule has 0 aliphatic carbocycles. The first-order valence-corrected chi connectivity index (χ1v) is 6.07. The molecule has 2 rings (SSSR count). The summed E-state index contributed by atoms with van der Waals surface area (Å²) >= 11 is 0. The van der Waals surface area contributed by atoms with Gasteiger partial charge >= 0.3 is 0 Å². The molecule has 0 aliphatic heterocycles. The highest BCUT2D eigenvalue weighted by molar-refractivity contribution is 5.91. The molecule has 0 aromatic carbocycles. The van der Waals surface area contributed by atoms with E-state index in [2.05, 4.69) is 20.3 Å². The highest BCUT2D eigenvalue weighted by Crippen LogP contribution is 1.97. The molecule has 1 amide bonds. The summed E-state index contributed by atoms with van der Waals surface area (Å²) in [7, 11) is 0. The summed E-state index contributed by atoms with van der Waals surface area (Å²) in [5.74, 6) is 0.0759. The van der Waals surface area contributed by atoms with E-state index in [1.165, 1.54) is 12.4 Å². The average molecular weight is 260 g/mol. The molecule has 19 heavy (non-hydrogen) atoms. The van der Waals surface area contributed by atoms with Crippen LogP contribution in [0.4, 0.5) is 5.82 Å². The van der Waals surface area contributed by atoms with Crippen LogP contribution in [0.1, 0.15) is 23.3 Å². The third kappa shape index (κ3) is 4.06. The van der Waals surface area contributed by atoms with E-state index in [0.717, 1.165) is 19.4 Å². The van der Waals surface area contributed by atoms with Crippen molar-refractivity contribution in [2.45, 2.75) is 19.4 Å². The van der Waals surface area contributed by atoms with Crippen LogP contribution < -0.4 is 11.1 Å². The molecule has 3 N–H and O–H groups in total. The Morgan fingerprint density at radius 1 is 1.32 bits per heavy atom. The molecule has 0 radical (unpaired) electrons. The predicted molar refractivity (Wildman–Crippen MR) is 70.2 cm³/mol. The molecule has 0 saturated heterocycles. The second-order valence-corrected chi connectivity index (χ2v) is 4.09. The van der Waals surface area contributed by atoms with Crippen LogP contribution in [0.25, 0.3) is 0 Å². The van der Waals surface area contributed by atoms with Crippen molar-refractivity contribution in [1.29, 1.82) is 0 Å². The number of rotatable bonds is 6. The van der Waals surface area contributed by atoms with Gasteiger partial charge in [0, 0.05) is 25.5 Å². The van der Waals surface area contributed by atoms with Crippen LogP contribution in [0.3, 0.4) is 0 Å². The van der Waals surface area contributed by atoms with Crippen LogP contribution in [0, 0.1) is 0 Å². The number of imidazole rings is 1. The summed E-state index contributed by atoms with van der Waals surface area (Å²) in [5.41, 5.74) is 5.68. The van der Waals surface area contributed by atoms with Crippen molar-refractivity contribution in [3.63, 3.8) is 0 Å². The molecule has 0 unspecified atom stereocenters. The maximum Gasteiger partial charge on any atom is 0.271 e. The van der Waals surface area contributed by atoms with E-state index in [1.54, 1.807) is 12.5 Å². The van der Waals surface area contributed by atoms with Crippen molar-refractivity contribution < 1.29 is 4.79 Å². The van der Waals surface area contributed by atoms with E-state index in [0.29, 0.717) is 12.4 Å². The van der Waals surface area contributed by atoms with E-state index in [-0.39, 0.29) is 11.6 Å². The number of nitrogens with two attached hydrogens (primary N) is 1. The van der Waals surface area contributed by atoms with Gasteiger partial charge in [-0.15, -0.1) is 0 Å². The number of hydrogen-bond donors (Lipinski definition) is 2. The number of hydrogen-bond acceptors (Lipinski definition) is 5. The molecule has 7 heteroatoms. The van der Waals surface area contributed by atoms with Gasteiger partial charge in [-0.25, -0.2) is 15.0 Å². The van der Waals surface area contributed by atoms with E-state index in [1.807, 2.05) is 10.8 Å². The van der Waals surface area contributed by atoms with Crippen molar-refractivity contribution in [2.75, 3.05) is 12.3 Å². The Morgan fingerprint density at radius 2 is 2.21 bits per heavy atom. The van der Waals surface area contributed by atoms with Gasteiger partial charge in [0.1, 0.15) is 11.5 Å². The summed E-state index contributed by atoms with van der Waals surface area (Å²) in [6, 6.07) is 0. The Morgan fingerprint density at radius 3 is 2.89 bits per heavy atom. The fourth-order valence-electron chi connectivity index (χ4n) is 1.59. The highest BCUT2D eigenvalue weighted by Gasteiger charge is 2.06. The minimum Gasteiger partial charge on any atom is -0.382 e. The SMILES string of the molecule is Nc1cnc(C(=O)NCCCCn2ccnc2)cn1. The van der Waals surface area contributed by atoms with Gasteiger partial charge in [-0.2, -0.15) is 0 Å². The van der Waals surface area contributed by atoms with Crippen LogP contribution in [-0.4, -0.2) is 32.0 Å². The van der Waals surface area contributed by atoms with Crippen LogP contribution in [-0.2, 0) is 6.54 Å². The number of unbranched alkanes of at least 4 members (excludes halogenated alkanes) is 1. The van der Waals surface area contributed by atoms with E-state index >= 15 is 0 Å². The molecule has 2 aromatic rings. The number of nitrogens with one attached hydrogen (secondary N) is 1. The third-order valence-electron chi connectivity index (χ3n) is 2.59. The number of nitrogen functional groups attached to an aromatic ring is 1. The van der Waals surface area contributed by atoms with Crippen molar-refractivity contribution >= 4 is 11.7 Å².